The van der Waals surface area contributed by atoms with Crippen LogP contribution >= 0.6 is 11.6 Å². The summed E-state index contributed by atoms with van der Waals surface area (Å²) in [4.78, 5) is 4.14. The van der Waals surface area contributed by atoms with Gasteiger partial charge in [-0.15, -0.1) is 0 Å². The molecule has 0 bridgehead atoms. The minimum Gasteiger partial charge on any atom is -0.383 e. The predicted molar refractivity (Wildman–Crippen MR) is 65.4 cm³/mol. The van der Waals surface area contributed by atoms with E-state index in [-0.39, 0.29) is 5.02 Å². The molecule has 0 unspecified atom stereocenters. The van der Waals surface area contributed by atoms with E-state index in [4.69, 9.17) is 17.3 Å². The summed E-state index contributed by atoms with van der Waals surface area (Å²) in [5.74, 6) is -0.171. The fraction of sp³-hybridized carbons (Fsp3) is 0.0909. The molecule has 0 aliphatic heterocycles. The summed E-state index contributed by atoms with van der Waals surface area (Å²) in [7, 11) is 1.79. The number of hydrogen-bond donors (Lipinski definition) is 1. The summed E-state index contributed by atoms with van der Waals surface area (Å²) in [6.45, 7) is 0. The Kier molecular flexibility index (Phi) is 2.00. The number of aromatic nitrogens is 3. The van der Waals surface area contributed by atoms with Crippen molar-refractivity contribution < 1.29 is 4.39 Å². The molecule has 0 spiro atoms. The van der Waals surface area contributed by atoms with Gasteiger partial charge in [0.15, 0.2) is 0 Å². The summed E-state index contributed by atoms with van der Waals surface area (Å²) in [6, 6.07) is 2.82. The van der Waals surface area contributed by atoms with Gasteiger partial charge in [0, 0.05) is 18.5 Å². The molecule has 0 fully saturated rings. The van der Waals surface area contributed by atoms with Crippen LogP contribution in [0.25, 0.3) is 21.8 Å². The van der Waals surface area contributed by atoms with Crippen LogP contribution in [0.1, 0.15) is 0 Å². The molecular formula is C11H8ClFN4. The Balaban J connectivity index is 2.62. The number of rotatable bonds is 0. The average Bonchev–Trinajstić information content (AvgIpc) is 2.65. The van der Waals surface area contributed by atoms with Gasteiger partial charge < -0.3 is 5.73 Å². The van der Waals surface area contributed by atoms with Crippen LogP contribution in [0.15, 0.2) is 18.3 Å². The highest BCUT2D eigenvalue weighted by atomic mass is 35.5. The number of nitrogens with two attached hydrogens (primary N) is 1. The second kappa shape index (κ2) is 3.30. The molecule has 1 aromatic carbocycles. The smallest absolute Gasteiger partial charge is 0.143 e. The van der Waals surface area contributed by atoms with E-state index in [1.165, 1.54) is 6.07 Å². The maximum absolute atomic E-state index is 13.4. The third-order valence-corrected chi connectivity index (χ3v) is 3.04. The first kappa shape index (κ1) is 10.3. The molecule has 4 nitrogen and oxygen atoms in total. The van der Waals surface area contributed by atoms with Crippen molar-refractivity contribution in [2.24, 2.45) is 7.05 Å². The lowest BCUT2D eigenvalue weighted by atomic mass is 10.1. The van der Waals surface area contributed by atoms with Gasteiger partial charge in [-0.3, -0.25) is 4.68 Å². The highest BCUT2D eigenvalue weighted by Crippen LogP contribution is 2.30. The molecule has 3 rings (SSSR count). The Morgan fingerprint density at radius 3 is 2.88 bits per heavy atom. The third-order valence-electron chi connectivity index (χ3n) is 2.75. The fourth-order valence-corrected chi connectivity index (χ4v) is 2.12. The Bertz CT molecular complexity index is 750. The number of pyridine rings is 1. The van der Waals surface area contributed by atoms with Crippen molar-refractivity contribution in [3.05, 3.63) is 29.2 Å². The van der Waals surface area contributed by atoms with Crippen LogP contribution in [0.2, 0.25) is 5.02 Å². The number of benzene rings is 1. The Hall–Kier alpha value is -1.88. The van der Waals surface area contributed by atoms with E-state index in [0.29, 0.717) is 11.3 Å². The standard InChI is InChI=1S/C11H8ClFN4/c1-17-10-5-2-7(12)8(13)3-9(5)16-11(14)6(10)4-15-17/h2-4H,1H3,(H2,14,16). The number of fused-ring (bicyclic) bond motifs is 3. The van der Waals surface area contributed by atoms with Crippen molar-refractivity contribution in [2.75, 3.05) is 5.73 Å². The van der Waals surface area contributed by atoms with Gasteiger partial charge in [0.2, 0.25) is 0 Å². The van der Waals surface area contributed by atoms with Gasteiger partial charge in [-0.05, 0) is 6.07 Å². The predicted octanol–water partition coefficient (Wildman–Crippen LogP) is 2.50. The molecule has 0 aliphatic carbocycles. The lowest BCUT2D eigenvalue weighted by Crippen LogP contribution is -1.96. The van der Waals surface area contributed by atoms with Crippen LogP contribution in [-0.4, -0.2) is 14.8 Å². The summed E-state index contributed by atoms with van der Waals surface area (Å²) >= 11 is 5.78. The van der Waals surface area contributed by atoms with E-state index in [1.807, 2.05) is 0 Å². The van der Waals surface area contributed by atoms with Crippen LogP contribution in [-0.2, 0) is 7.05 Å². The number of anilines is 1. The maximum atomic E-state index is 13.4. The van der Waals surface area contributed by atoms with Crippen molar-refractivity contribution in [1.82, 2.24) is 14.8 Å². The van der Waals surface area contributed by atoms with E-state index in [0.717, 1.165) is 16.3 Å². The Morgan fingerprint density at radius 2 is 2.12 bits per heavy atom. The van der Waals surface area contributed by atoms with Crippen molar-refractivity contribution in [3.8, 4) is 0 Å². The van der Waals surface area contributed by atoms with Gasteiger partial charge in [-0.25, -0.2) is 9.37 Å². The largest absolute Gasteiger partial charge is 0.383 e. The van der Waals surface area contributed by atoms with Crippen molar-refractivity contribution in [1.29, 1.82) is 0 Å². The number of halogens is 2. The number of nitrogen functional groups attached to an aromatic ring is 1. The van der Waals surface area contributed by atoms with E-state index >= 15 is 0 Å². The first-order valence-electron chi connectivity index (χ1n) is 4.94. The normalized spacial score (nSPS) is 11.5. The molecule has 86 valence electrons. The van der Waals surface area contributed by atoms with Crippen LogP contribution in [0.4, 0.5) is 10.2 Å². The summed E-state index contributed by atoms with van der Waals surface area (Å²) in [6.07, 6.45) is 1.63. The topological polar surface area (TPSA) is 56.7 Å². The van der Waals surface area contributed by atoms with Gasteiger partial charge in [-0.1, -0.05) is 11.6 Å². The SMILES string of the molecule is Cn1ncc2c(N)nc3cc(F)c(Cl)cc3c21. The van der Waals surface area contributed by atoms with E-state index in [2.05, 4.69) is 10.1 Å². The van der Waals surface area contributed by atoms with E-state index in [9.17, 15) is 4.39 Å². The molecule has 0 saturated heterocycles. The number of aryl methyl sites for hydroxylation is 1. The number of hydrogen-bond acceptors (Lipinski definition) is 3. The molecule has 0 saturated carbocycles. The quantitative estimate of drug-likeness (QED) is 0.667. The Labute approximate surface area is 101 Å². The van der Waals surface area contributed by atoms with Crippen molar-refractivity contribution >= 4 is 39.2 Å². The molecule has 3 aromatic rings. The fourth-order valence-electron chi connectivity index (χ4n) is 1.95. The second-order valence-corrected chi connectivity index (χ2v) is 4.22. The van der Waals surface area contributed by atoms with Crippen LogP contribution in [0, 0.1) is 5.82 Å². The monoisotopic (exact) mass is 250 g/mol. The molecule has 0 radical (unpaired) electrons. The second-order valence-electron chi connectivity index (χ2n) is 3.81. The lowest BCUT2D eigenvalue weighted by molar-refractivity contribution is 0.630. The maximum Gasteiger partial charge on any atom is 0.143 e. The van der Waals surface area contributed by atoms with Gasteiger partial charge in [-0.2, -0.15) is 5.10 Å². The molecule has 6 heteroatoms. The molecule has 0 aliphatic rings. The molecule has 0 atom stereocenters. The highest BCUT2D eigenvalue weighted by Gasteiger charge is 2.12. The van der Waals surface area contributed by atoms with Gasteiger partial charge >= 0.3 is 0 Å². The summed E-state index contributed by atoms with van der Waals surface area (Å²) < 4.78 is 15.0. The highest BCUT2D eigenvalue weighted by molar-refractivity contribution is 6.32. The molecule has 2 heterocycles. The van der Waals surface area contributed by atoms with Crippen LogP contribution in [0.3, 0.4) is 0 Å². The minimum absolute atomic E-state index is 0.0616. The van der Waals surface area contributed by atoms with Crippen LogP contribution in [0.5, 0.6) is 0 Å². The number of nitrogens with zero attached hydrogens (tertiary/aromatic N) is 3. The zero-order chi connectivity index (χ0) is 12.2. The molecule has 2 aromatic heterocycles. The van der Waals surface area contributed by atoms with Crippen LogP contribution < -0.4 is 5.73 Å². The summed E-state index contributed by atoms with van der Waals surface area (Å²) in [5, 5.41) is 5.66. The molecule has 2 N–H and O–H groups in total. The molecule has 17 heavy (non-hydrogen) atoms. The molecule has 0 amide bonds. The van der Waals surface area contributed by atoms with Gasteiger partial charge in [0.1, 0.15) is 11.6 Å². The third kappa shape index (κ3) is 1.36. The first-order chi connectivity index (χ1) is 8.08. The minimum atomic E-state index is -0.507. The van der Waals surface area contributed by atoms with E-state index in [1.54, 1.807) is 24.0 Å². The van der Waals surface area contributed by atoms with Gasteiger partial charge in [0.25, 0.3) is 0 Å². The van der Waals surface area contributed by atoms with Crippen molar-refractivity contribution in [2.45, 2.75) is 0 Å². The van der Waals surface area contributed by atoms with Gasteiger partial charge in [0.05, 0.1) is 27.6 Å². The average molecular weight is 251 g/mol. The van der Waals surface area contributed by atoms with Crippen molar-refractivity contribution in [3.63, 3.8) is 0 Å². The molecular weight excluding hydrogens is 243 g/mol. The Morgan fingerprint density at radius 1 is 1.35 bits per heavy atom. The first-order valence-corrected chi connectivity index (χ1v) is 5.31. The summed E-state index contributed by atoms with van der Waals surface area (Å²) in [5.41, 5.74) is 7.08. The zero-order valence-corrected chi connectivity index (χ0v) is 9.66. The lowest BCUT2D eigenvalue weighted by Gasteiger charge is -2.05. The zero-order valence-electron chi connectivity index (χ0n) is 8.91. The van der Waals surface area contributed by atoms with E-state index < -0.39 is 5.82 Å².